The fraction of sp³-hybridized carbons (Fsp3) is 0.312. The number of amides is 1. The number of hydrogen-bond acceptors (Lipinski definition) is 7. The lowest BCUT2D eigenvalue weighted by molar-refractivity contribution is -0.117. The van der Waals surface area contributed by atoms with E-state index >= 15 is 0 Å². The Hall–Kier alpha value is -2.39. The quantitative estimate of drug-likeness (QED) is 0.715. The van der Waals surface area contributed by atoms with Crippen molar-refractivity contribution in [1.29, 1.82) is 0 Å². The molecular weight excluding hydrogens is 358 g/mol. The smallest absolute Gasteiger partial charge is 0.267 e. The summed E-state index contributed by atoms with van der Waals surface area (Å²) in [7, 11) is 0. The van der Waals surface area contributed by atoms with Gasteiger partial charge < -0.3 is 0 Å². The SMILES string of the molecule is CC(C)Cc1nnc(NC(=O)Cn2nc(-c3cccs3)ccc2=O)s1. The van der Waals surface area contributed by atoms with Crippen molar-refractivity contribution in [2.45, 2.75) is 26.8 Å². The number of aromatic nitrogens is 4. The van der Waals surface area contributed by atoms with Gasteiger partial charge in [-0.3, -0.25) is 14.9 Å². The second-order valence-corrected chi connectivity index (χ2v) is 7.85. The first-order valence-corrected chi connectivity index (χ1v) is 9.45. The number of carbonyl (C=O) groups is 1. The van der Waals surface area contributed by atoms with Crippen LogP contribution in [-0.2, 0) is 17.8 Å². The number of carbonyl (C=O) groups excluding carboxylic acids is 1. The molecule has 0 bridgehead atoms. The topological polar surface area (TPSA) is 89.8 Å². The number of thiophene rings is 1. The van der Waals surface area contributed by atoms with Gasteiger partial charge in [0.2, 0.25) is 11.0 Å². The molecule has 7 nitrogen and oxygen atoms in total. The van der Waals surface area contributed by atoms with Gasteiger partial charge in [-0.15, -0.1) is 21.5 Å². The van der Waals surface area contributed by atoms with Gasteiger partial charge in [0.05, 0.1) is 4.88 Å². The molecule has 3 aromatic rings. The molecule has 1 amide bonds. The molecule has 9 heteroatoms. The van der Waals surface area contributed by atoms with E-state index in [9.17, 15) is 9.59 Å². The minimum atomic E-state index is -0.356. The summed E-state index contributed by atoms with van der Waals surface area (Å²) >= 11 is 2.87. The Morgan fingerprint density at radius 2 is 2.12 bits per heavy atom. The highest BCUT2D eigenvalue weighted by Gasteiger charge is 2.12. The van der Waals surface area contributed by atoms with Crippen molar-refractivity contribution in [3.8, 4) is 10.6 Å². The summed E-state index contributed by atoms with van der Waals surface area (Å²) in [5.41, 5.74) is 0.339. The van der Waals surface area contributed by atoms with E-state index in [0.29, 0.717) is 16.7 Å². The summed E-state index contributed by atoms with van der Waals surface area (Å²) in [5.74, 6) is 0.115. The lowest BCUT2D eigenvalue weighted by Crippen LogP contribution is -2.29. The van der Waals surface area contributed by atoms with E-state index in [0.717, 1.165) is 21.0 Å². The van der Waals surface area contributed by atoms with Gasteiger partial charge in [0, 0.05) is 12.5 Å². The Balaban J connectivity index is 1.69. The lowest BCUT2D eigenvalue weighted by Gasteiger charge is -2.05. The third-order valence-electron chi connectivity index (χ3n) is 3.23. The van der Waals surface area contributed by atoms with Gasteiger partial charge in [-0.1, -0.05) is 31.3 Å². The van der Waals surface area contributed by atoms with Crippen molar-refractivity contribution < 1.29 is 4.79 Å². The predicted octanol–water partition coefficient (Wildman–Crippen LogP) is 2.66. The van der Waals surface area contributed by atoms with Crippen LogP contribution in [0.15, 0.2) is 34.4 Å². The monoisotopic (exact) mass is 375 g/mol. The molecule has 3 heterocycles. The Kier molecular flexibility index (Phi) is 5.34. The van der Waals surface area contributed by atoms with Crippen LogP contribution in [0.25, 0.3) is 10.6 Å². The van der Waals surface area contributed by atoms with Crippen molar-refractivity contribution in [2.24, 2.45) is 5.92 Å². The third kappa shape index (κ3) is 4.58. The molecule has 1 N–H and O–H groups in total. The van der Waals surface area contributed by atoms with E-state index in [2.05, 4.69) is 34.5 Å². The maximum Gasteiger partial charge on any atom is 0.267 e. The van der Waals surface area contributed by atoms with Crippen molar-refractivity contribution in [3.63, 3.8) is 0 Å². The Morgan fingerprint density at radius 1 is 1.28 bits per heavy atom. The third-order valence-corrected chi connectivity index (χ3v) is 4.98. The molecule has 0 fully saturated rings. The highest BCUT2D eigenvalue weighted by molar-refractivity contribution is 7.15. The molecule has 130 valence electrons. The van der Waals surface area contributed by atoms with E-state index in [1.807, 2.05) is 17.5 Å². The van der Waals surface area contributed by atoms with Crippen LogP contribution in [0, 0.1) is 5.92 Å². The summed E-state index contributed by atoms with van der Waals surface area (Å²) < 4.78 is 1.15. The average Bonchev–Trinajstić information content (AvgIpc) is 3.21. The first-order valence-electron chi connectivity index (χ1n) is 7.75. The summed E-state index contributed by atoms with van der Waals surface area (Å²) in [6, 6.07) is 6.90. The number of rotatable bonds is 6. The molecule has 0 aliphatic heterocycles. The fourth-order valence-corrected chi connectivity index (χ4v) is 3.81. The maximum absolute atomic E-state index is 12.2. The van der Waals surface area contributed by atoms with Crippen molar-refractivity contribution in [1.82, 2.24) is 20.0 Å². The van der Waals surface area contributed by atoms with Gasteiger partial charge in [-0.25, -0.2) is 4.68 Å². The molecule has 0 aromatic carbocycles. The van der Waals surface area contributed by atoms with Gasteiger partial charge in [-0.05, 0) is 23.4 Å². The summed E-state index contributed by atoms with van der Waals surface area (Å²) in [6.45, 7) is 4.02. The van der Waals surface area contributed by atoms with Crippen LogP contribution >= 0.6 is 22.7 Å². The van der Waals surface area contributed by atoms with E-state index in [1.54, 1.807) is 6.07 Å². The molecule has 0 saturated heterocycles. The van der Waals surface area contributed by atoms with E-state index in [-0.39, 0.29) is 18.0 Å². The van der Waals surface area contributed by atoms with E-state index in [4.69, 9.17) is 0 Å². The summed E-state index contributed by atoms with van der Waals surface area (Å²) in [5, 5.41) is 18.2. The Morgan fingerprint density at radius 3 is 2.84 bits per heavy atom. The summed E-state index contributed by atoms with van der Waals surface area (Å²) in [4.78, 5) is 25.1. The van der Waals surface area contributed by atoms with Crippen LogP contribution in [0.4, 0.5) is 5.13 Å². The van der Waals surface area contributed by atoms with Crippen LogP contribution in [0.1, 0.15) is 18.9 Å². The average molecular weight is 375 g/mol. The van der Waals surface area contributed by atoms with Crippen molar-refractivity contribution in [2.75, 3.05) is 5.32 Å². The number of nitrogens with zero attached hydrogens (tertiary/aromatic N) is 4. The highest BCUT2D eigenvalue weighted by atomic mass is 32.1. The molecule has 0 radical (unpaired) electrons. The van der Waals surface area contributed by atoms with Crippen LogP contribution in [0.2, 0.25) is 0 Å². The largest absolute Gasteiger partial charge is 0.299 e. The van der Waals surface area contributed by atoms with Gasteiger partial charge in [0.25, 0.3) is 5.56 Å². The van der Waals surface area contributed by atoms with Crippen LogP contribution < -0.4 is 10.9 Å². The molecular formula is C16H17N5O2S2. The second kappa shape index (κ2) is 7.66. The van der Waals surface area contributed by atoms with Gasteiger partial charge in [0.1, 0.15) is 17.2 Å². The molecule has 3 aromatic heterocycles. The van der Waals surface area contributed by atoms with E-state index < -0.39 is 0 Å². The first-order chi connectivity index (χ1) is 12.0. The van der Waals surface area contributed by atoms with Gasteiger partial charge >= 0.3 is 0 Å². The molecule has 3 rings (SSSR count). The second-order valence-electron chi connectivity index (χ2n) is 5.84. The minimum absolute atomic E-state index is 0.170. The minimum Gasteiger partial charge on any atom is -0.299 e. The Bertz CT molecular complexity index is 915. The zero-order valence-corrected chi connectivity index (χ0v) is 15.4. The fourth-order valence-electron chi connectivity index (χ4n) is 2.15. The normalized spacial score (nSPS) is 11.0. The lowest BCUT2D eigenvalue weighted by atomic mass is 10.1. The predicted molar refractivity (Wildman–Crippen MR) is 98.9 cm³/mol. The van der Waals surface area contributed by atoms with Crippen LogP contribution in [-0.4, -0.2) is 25.9 Å². The molecule has 0 aliphatic carbocycles. The summed E-state index contributed by atoms with van der Waals surface area (Å²) in [6.07, 6.45) is 0.817. The van der Waals surface area contributed by atoms with Crippen molar-refractivity contribution in [3.05, 3.63) is 45.0 Å². The molecule has 0 saturated carbocycles. The maximum atomic E-state index is 12.2. The van der Waals surface area contributed by atoms with Crippen LogP contribution in [0.5, 0.6) is 0 Å². The zero-order valence-electron chi connectivity index (χ0n) is 13.8. The Labute approximate surface area is 152 Å². The molecule has 25 heavy (non-hydrogen) atoms. The molecule has 0 atom stereocenters. The number of hydrogen-bond donors (Lipinski definition) is 1. The highest BCUT2D eigenvalue weighted by Crippen LogP contribution is 2.21. The number of anilines is 1. The molecule has 0 unspecified atom stereocenters. The molecule has 0 spiro atoms. The van der Waals surface area contributed by atoms with E-state index in [1.165, 1.54) is 28.7 Å². The standard InChI is InChI=1S/C16H17N5O2S2/c1-10(2)8-14-18-19-16(25-14)17-13(22)9-21-15(23)6-5-11(20-21)12-4-3-7-24-12/h3-7,10H,8-9H2,1-2H3,(H,17,19,22). The van der Waals surface area contributed by atoms with Gasteiger partial charge in [0.15, 0.2) is 0 Å². The number of nitrogens with one attached hydrogen (secondary N) is 1. The zero-order chi connectivity index (χ0) is 17.8. The van der Waals surface area contributed by atoms with Crippen LogP contribution in [0.3, 0.4) is 0 Å². The van der Waals surface area contributed by atoms with Crippen molar-refractivity contribution >= 4 is 33.7 Å². The first kappa shape index (κ1) is 17.4. The van der Waals surface area contributed by atoms with Gasteiger partial charge in [-0.2, -0.15) is 5.10 Å². The molecule has 0 aliphatic rings.